The number of rotatable bonds is 1. The van der Waals surface area contributed by atoms with Gasteiger partial charge in [0.2, 0.25) is 0 Å². The molecule has 2 aliphatic carbocycles. The van der Waals surface area contributed by atoms with Crippen LogP contribution in [0.4, 0.5) is 0 Å². The van der Waals surface area contributed by atoms with Crippen molar-refractivity contribution in [3.05, 3.63) is 12.2 Å². The van der Waals surface area contributed by atoms with Gasteiger partial charge < -0.3 is 4.74 Å². The third-order valence-electron chi connectivity index (χ3n) is 3.43. The molecule has 1 saturated carbocycles. The Morgan fingerprint density at radius 3 is 2.86 bits per heavy atom. The molecule has 3 unspecified atom stereocenters. The number of esters is 1. The average molecular weight is 194 g/mol. The second-order valence-corrected chi connectivity index (χ2v) is 4.46. The first kappa shape index (κ1) is 9.75. The van der Waals surface area contributed by atoms with Crippen LogP contribution in [-0.4, -0.2) is 12.1 Å². The van der Waals surface area contributed by atoms with Gasteiger partial charge in [0, 0.05) is 6.92 Å². The van der Waals surface area contributed by atoms with E-state index in [1.807, 2.05) is 0 Å². The Hall–Kier alpha value is -0.790. The third-order valence-corrected chi connectivity index (χ3v) is 3.43. The summed E-state index contributed by atoms with van der Waals surface area (Å²) in [4.78, 5) is 10.8. The lowest BCUT2D eigenvalue weighted by molar-refractivity contribution is -0.144. The molecule has 2 nitrogen and oxygen atoms in total. The number of carbonyl (C=O) groups is 1. The largest absolute Gasteiger partial charge is 0.458 e. The van der Waals surface area contributed by atoms with Crippen molar-refractivity contribution in [3.63, 3.8) is 0 Å². The van der Waals surface area contributed by atoms with Gasteiger partial charge in [-0.05, 0) is 43.6 Å². The van der Waals surface area contributed by atoms with E-state index in [4.69, 9.17) is 4.74 Å². The van der Waals surface area contributed by atoms with Crippen molar-refractivity contribution in [3.8, 4) is 0 Å². The standard InChI is InChI=1S/C12H18O2/c1-9(13)14-12-7-5-10-3-2-4-11(10)6-8-12/h5,7,10-12H,2-4,6,8H2,1H3. The summed E-state index contributed by atoms with van der Waals surface area (Å²) < 4.78 is 5.21. The molecule has 14 heavy (non-hydrogen) atoms. The van der Waals surface area contributed by atoms with Crippen LogP contribution in [-0.2, 0) is 9.53 Å². The quantitative estimate of drug-likeness (QED) is 0.474. The highest BCUT2D eigenvalue weighted by Crippen LogP contribution is 2.38. The van der Waals surface area contributed by atoms with Gasteiger partial charge >= 0.3 is 5.97 Å². The van der Waals surface area contributed by atoms with E-state index >= 15 is 0 Å². The molecule has 0 aliphatic heterocycles. The van der Waals surface area contributed by atoms with Gasteiger partial charge in [-0.15, -0.1) is 0 Å². The highest BCUT2D eigenvalue weighted by atomic mass is 16.5. The summed E-state index contributed by atoms with van der Waals surface area (Å²) in [6.07, 6.45) is 10.7. The molecule has 0 amide bonds. The summed E-state index contributed by atoms with van der Waals surface area (Å²) in [6, 6.07) is 0. The summed E-state index contributed by atoms with van der Waals surface area (Å²) in [6.45, 7) is 1.49. The van der Waals surface area contributed by atoms with Crippen LogP contribution in [0.15, 0.2) is 12.2 Å². The van der Waals surface area contributed by atoms with Crippen molar-refractivity contribution in [2.45, 2.75) is 45.1 Å². The molecule has 2 heteroatoms. The van der Waals surface area contributed by atoms with Crippen molar-refractivity contribution in [2.24, 2.45) is 11.8 Å². The molecule has 2 aliphatic rings. The molecule has 3 atom stereocenters. The SMILES string of the molecule is CC(=O)OC1C=CC2CCCC2CC1. The summed E-state index contributed by atoms with van der Waals surface area (Å²) in [5.41, 5.74) is 0. The van der Waals surface area contributed by atoms with Gasteiger partial charge in [0.15, 0.2) is 0 Å². The van der Waals surface area contributed by atoms with Gasteiger partial charge in [0.25, 0.3) is 0 Å². The first-order valence-corrected chi connectivity index (χ1v) is 5.61. The molecule has 1 fully saturated rings. The van der Waals surface area contributed by atoms with Crippen LogP contribution >= 0.6 is 0 Å². The highest BCUT2D eigenvalue weighted by Gasteiger charge is 2.28. The van der Waals surface area contributed by atoms with Crippen LogP contribution in [0.3, 0.4) is 0 Å². The van der Waals surface area contributed by atoms with E-state index < -0.39 is 0 Å². The third kappa shape index (κ3) is 2.17. The molecule has 0 aromatic heterocycles. The molecule has 0 radical (unpaired) electrons. The normalized spacial score (nSPS) is 36.2. The van der Waals surface area contributed by atoms with Crippen molar-refractivity contribution in [1.82, 2.24) is 0 Å². The Kier molecular flexibility index (Phi) is 2.90. The van der Waals surface area contributed by atoms with Crippen LogP contribution in [0.5, 0.6) is 0 Å². The molecule has 2 rings (SSSR count). The van der Waals surface area contributed by atoms with Gasteiger partial charge in [-0.25, -0.2) is 0 Å². The number of fused-ring (bicyclic) bond motifs is 1. The molecule has 0 N–H and O–H groups in total. The van der Waals surface area contributed by atoms with E-state index in [-0.39, 0.29) is 12.1 Å². The minimum atomic E-state index is -0.160. The molecule has 78 valence electrons. The topological polar surface area (TPSA) is 26.3 Å². The zero-order chi connectivity index (χ0) is 9.97. The molecule has 0 heterocycles. The van der Waals surface area contributed by atoms with Gasteiger partial charge in [-0.2, -0.15) is 0 Å². The Morgan fingerprint density at radius 2 is 2.07 bits per heavy atom. The van der Waals surface area contributed by atoms with Crippen LogP contribution in [0.1, 0.15) is 39.0 Å². The van der Waals surface area contributed by atoms with Crippen molar-refractivity contribution < 1.29 is 9.53 Å². The highest BCUT2D eigenvalue weighted by molar-refractivity contribution is 5.66. The van der Waals surface area contributed by atoms with Gasteiger partial charge in [0.05, 0.1) is 0 Å². The average Bonchev–Trinajstić information content (AvgIpc) is 2.50. The second kappa shape index (κ2) is 4.16. The maximum Gasteiger partial charge on any atom is 0.303 e. The molecule has 0 saturated heterocycles. The van der Waals surface area contributed by atoms with Crippen LogP contribution in [0.25, 0.3) is 0 Å². The summed E-state index contributed by atoms with van der Waals surface area (Å²) >= 11 is 0. The first-order chi connectivity index (χ1) is 6.75. The Bertz CT molecular complexity index is 245. The predicted octanol–water partition coefficient (Wildman–Crippen LogP) is 2.68. The number of allylic oxidation sites excluding steroid dienone is 1. The molecule has 0 aromatic carbocycles. The molecule has 0 spiro atoms. The zero-order valence-electron chi connectivity index (χ0n) is 8.74. The Morgan fingerprint density at radius 1 is 1.21 bits per heavy atom. The number of ether oxygens (including phenoxy) is 1. The van der Waals surface area contributed by atoms with E-state index in [1.54, 1.807) is 0 Å². The number of carbonyl (C=O) groups excluding carboxylic acids is 1. The minimum Gasteiger partial charge on any atom is -0.458 e. The van der Waals surface area contributed by atoms with E-state index in [9.17, 15) is 4.79 Å². The van der Waals surface area contributed by atoms with Gasteiger partial charge in [0.1, 0.15) is 6.10 Å². The predicted molar refractivity (Wildman–Crippen MR) is 54.8 cm³/mol. The Labute approximate surface area is 85.3 Å². The first-order valence-electron chi connectivity index (χ1n) is 5.61. The monoisotopic (exact) mass is 194 g/mol. The van der Waals surface area contributed by atoms with Crippen LogP contribution in [0, 0.1) is 11.8 Å². The maximum absolute atomic E-state index is 10.8. The number of hydrogen-bond donors (Lipinski definition) is 0. The van der Waals surface area contributed by atoms with Crippen LogP contribution in [0.2, 0.25) is 0 Å². The molecular formula is C12H18O2. The smallest absolute Gasteiger partial charge is 0.303 e. The fourth-order valence-corrected chi connectivity index (χ4v) is 2.73. The number of hydrogen-bond acceptors (Lipinski definition) is 2. The molecule has 0 bridgehead atoms. The van der Waals surface area contributed by atoms with E-state index in [2.05, 4.69) is 12.2 Å². The minimum absolute atomic E-state index is 0.0399. The lowest BCUT2D eigenvalue weighted by Crippen LogP contribution is -2.13. The summed E-state index contributed by atoms with van der Waals surface area (Å²) in [5.74, 6) is 1.45. The second-order valence-electron chi connectivity index (χ2n) is 4.46. The zero-order valence-corrected chi connectivity index (χ0v) is 8.74. The summed E-state index contributed by atoms with van der Waals surface area (Å²) in [5, 5.41) is 0. The van der Waals surface area contributed by atoms with Gasteiger partial charge in [-0.1, -0.05) is 12.5 Å². The maximum atomic E-state index is 10.8. The van der Waals surface area contributed by atoms with Crippen molar-refractivity contribution in [2.75, 3.05) is 0 Å². The lowest BCUT2D eigenvalue weighted by Gasteiger charge is -2.14. The van der Waals surface area contributed by atoms with Gasteiger partial charge in [-0.3, -0.25) is 4.79 Å². The van der Waals surface area contributed by atoms with Crippen molar-refractivity contribution in [1.29, 1.82) is 0 Å². The summed E-state index contributed by atoms with van der Waals surface area (Å²) in [7, 11) is 0. The molecule has 0 aromatic rings. The molecular weight excluding hydrogens is 176 g/mol. The van der Waals surface area contributed by atoms with E-state index in [1.165, 1.54) is 32.6 Å². The Balaban J connectivity index is 1.95. The van der Waals surface area contributed by atoms with E-state index in [0.717, 1.165) is 18.3 Å². The fraction of sp³-hybridized carbons (Fsp3) is 0.750. The van der Waals surface area contributed by atoms with Crippen molar-refractivity contribution >= 4 is 5.97 Å². The lowest BCUT2D eigenvalue weighted by atomic mass is 9.93. The van der Waals surface area contributed by atoms with E-state index in [0.29, 0.717) is 0 Å². The fourth-order valence-electron chi connectivity index (χ4n) is 2.73. The van der Waals surface area contributed by atoms with Crippen LogP contribution < -0.4 is 0 Å².